The number of hydrogen-bond donors (Lipinski definition) is 1. The summed E-state index contributed by atoms with van der Waals surface area (Å²) in [4.78, 5) is 2.22. The van der Waals surface area contributed by atoms with Gasteiger partial charge >= 0.3 is 0 Å². The van der Waals surface area contributed by atoms with Crippen LogP contribution >= 0.6 is 0 Å². The Hall–Kier alpha value is -0.910. The quantitative estimate of drug-likeness (QED) is 0.810. The summed E-state index contributed by atoms with van der Waals surface area (Å²) in [6, 6.07) is 1.94. The zero-order valence-corrected chi connectivity index (χ0v) is 10.4. The van der Waals surface area contributed by atoms with E-state index in [4.69, 9.17) is 9.26 Å². The van der Waals surface area contributed by atoms with Gasteiger partial charge in [0.15, 0.2) is 0 Å². The van der Waals surface area contributed by atoms with Crippen LogP contribution in [0.25, 0.3) is 0 Å². The number of methoxy groups -OCH3 is 1. The van der Waals surface area contributed by atoms with Gasteiger partial charge < -0.3 is 14.4 Å². The van der Waals surface area contributed by atoms with Gasteiger partial charge in [-0.3, -0.25) is 4.90 Å². The van der Waals surface area contributed by atoms with Crippen LogP contribution in [-0.4, -0.2) is 54.6 Å². The molecule has 96 valence electrons. The fraction of sp³-hybridized carbons (Fsp3) is 0.750. The van der Waals surface area contributed by atoms with Crippen molar-refractivity contribution < 1.29 is 14.4 Å². The minimum Gasteiger partial charge on any atom is -0.391 e. The molecule has 2 rings (SSSR count). The molecule has 1 fully saturated rings. The fourth-order valence-corrected chi connectivity index (χ4v) is 2.32. The minimum atomic E-state index is -0.280. The van der Waals surface area contributed by atoms with Crippen LogP contribution in [0.5, 0.6) is 0 Å². The van der Waals surface area contributed by atoms with Crippen LogP contribution in [0.2, 0.25) is 0 Å². The summed E-state index contributed by atoms with van der Waals surface area (Å²) in [6.07, 6.45) is 0.475. The van der Waals surface area contributed by atoms with Gasteiger partial charge in [0.25, 0.3) is 0 Å². The molecule has 0 radical (unpaired) electrons. The molecule has 0 saturated carbocycles. The molecule has 17 heavy (non-hydrogen) atoms. The van der Waals surface area contributed by atoms with E-state index in [-0.39, 0.29) is 12.0 Å². The Kier molecular flexibility index (Phi) is 4.15. The molecule has 0 aliphatic carbocycles. The van der Waals surface area contributed by atoms with Crippen molar-refractivity contribution in [2.45, 2.75) is 19.4 Å². The van der Waals surface area contributed by atoms with Crippen molar-refractivity contribution in [1.29, 1.82) is 0 Å². The second-order valence-electron chi connectivity index (χ2n) is 4.72. The van der Waals surface area contributed by atoms with E-state index in [1.807, 2.05) is 13.0 Å². The first-order valence-corrected chi connectivity index (χ1v) is 6.00. The molecule has 1 aliphatic rings. The van der Waals surface area contributed by atoms with Gasteiger partial charge in [0.1, 0.15) is 5.76 Å². The van der Waals surface area contributed by atoms with Gasteiger partial charge in [-0.2, -0.15) is 0 Å². The zero-order valence-electron chi connectivity index (χ0n) is 10.4. The van der Waals surface area contributed by atoms with Gasteiger partial charge in [0, 0.05) is 45.1 Å². The lowest BCUT2D eigenvalue weighted by molar-refractivity contribution is 0.129. The Morgan fingerprint density at radius 1 is 1.59 bits per heavy atom. The van der Waals surface area contributed by atoms with E-state index in [2.05, 4.69) is 10.1 Å². The lowest BCUT2D eigenvalue weighted by atomic mass is 10.0. The Morgan fingerprint density at radius 2 is 2.41 bits per heavy atom. The van der Waals surface area contributed by atoms with Crippen LogP contribution in [0.1, 0.15) is 11.5 Å². The summed E-state index contributed by atoms with van der Waals surface area (Å²) < 4.78 is 10.2. The number of aliphatic hydroxyl groups excluding tert-OH is 1. The second-order valence-corrected chi connectivity index (χ2v) is 4.72. The Balaban J connectivity index is 1.85. The Morgan fingerprint density at radius 3 is 3.06 bits per heavy atom. The lowest BCUT2D eigenvalue weighted by Gasteiger charge is -2.13. The number of aryl methyl sites for hydroxylation is 1. The van der Waals surface area contributed by atoms with Crippen molar-refractivity contribution in [3.8, 4) is 0 Å². The fourth-order valence-electron chi connectivity index (χ4n) is 2.32. The first kappa shape index (κ1) is 12.5. The molecule has 2 atom stereocenters. The van der Waals surface area contributed by atoms with Gasteiger partial charge in [-0.25, -0.2) is 0 Å². The van der Waals surface area contributed by atoms with E-state index < -0.39 is 0 Å². The smallest absolute Gasteiger partial charge is 0.137 e. The SMILES string of the molecule is COCCN1C[C@@H](Cc2cc(C)no2)[C@@H](O)C1. The third kappa shape index (κ3) is 3.28. The third-order valence-corrected chi connectivity index (χ3v) is 3.23. The topological polar surface area (TPSA) is 58.7 Å². The van der Waals surface area contributed by atoms with Gasteiger partial charge in [-0.1, -0.05) is 5.16 Å². The zero-order chi connectivity index (χ0) is 12.3. The summed E-state index contributed by atoms with van der Waals surface area (Å²) in [5.41, 5.74) is 0.892. The third-order valence-electron chi connectivity index (χ3n) is 3.23. The number of likely N-dealkylation sites (tertiary alicyclic amines) is 1. The van der Waals surface area contributed by atoms with E-state index in [0.29, 0.717) is 6.61 Å². The molecule has 1 saturated heterocycles. The molecule has 1 aliphatic heterocycles. The maximum absolute atomic E-state index is 9.98. The highest BCUT2D eigenvalue weighted by Crippen LogP contribution is 2.21. The average molecular weight is 240 g/mol. The van der Waals surface area contributed by atoms with Crippen molar-refractivity contribution in [3.05, 3.63) is 17.5 Å². The molecule has 0 amide bonds. The van der Waals surface area contributed by atoms with Crippen molar-refractivity contribution in [1.82, 2.24) is 10.1 Å². The largest absolute Gasteiger partial charge is 0.391 e. The summed E-state index contributed by atoms with van der Waals surface area (Å²) >= 11 is 0. The van der Waals surface area contributed by atoms with Crippen molar-refractivity contribution in [3.63, 3.8) is 0 Å². The molecule has 5 heteroatoms. The average Bonchev–Trinajstić information content (AvgIpc) is 2.84. The number of ether oxygens (including phenoxy) is 1. The molecule has 0 unspecified atom stereocenters. The predicted octanol–water partition coefficient (Wildman–Crippen LogP) is 0.465. The highest BCUT2D eigenvalue weighted by atomic mass is 16.5. The maximum atomic E-state index is 9.98. The maximum Gasteiger partial charge on any atom is 0.137 e. The van der Waals surface area contributed by atoms with E-state index in [9.17, 15) is 5.11 Å². The first-order chi connectivity index (χ1) is 8.19. The van der Waals surface area contributed by atoms with Crippen molar-refractivity contribution in [2.75, 3.05) is 33.4 Å². The molecule has 1 aromatic rings. The summed E-state index contributed by atoms with van der Waals surface area (Å²) in [6.45, 7) is 5.11. The van der Waals surface area contributed by atoms with Gasteiger partial charge in [0.2, 0.25) is 0 Å². The molecular weight excluding hydrogens is 220 g/mol. The van der Waals surface area contributed by atoms with E-state index in [0.717, 1.165) is 37.5 Å². The number of rotatable bonds is 5. The van der Waals surface area contributed by atoms with E-state index >= 15 is 0 Å². The summed E-state index contributed by atoms with van der Waals surface area (Å²) in [5.74, 6) is 1.10. The van der Waals surface area contributed by atoms with Gasteiger partial charge in [-0.05, 0) is 6.92 Å². The predicted molar refractivity (Wildman–Crippen MR) is 62.8 cm³/mol. The van der Waals surface area contributed by atoms with E-state index in [1.54, 1.807) is 7.11 Å². The van der Waals surface area contributed by atoms with E-state index in [1.165, 1.54) is 0 Å². The highest BCUT2D eigenvalue weighted by Gasteiger charge is 2.31. The monoisotopic (exact) mass is 240 g/mol. The van der Waals surface area contributed by atoms with Gasteiger partial charge in [0.05, 0.1) is 18.4 Å². The van der Waals surface area contributed by atoms with Crippen LogP contribution in [-0.2, 0) is 11.2 Å². The molecule has 2 heterocycles. The molecule has 0 spiro atoms. The van der Waals surface area contributed by atoms with Crippen LogP contribution in [0, 0.1) is 12.8 Å². The normalized spacial score (nSPS) is 25.6. The molecule has 1 N–H and O–H groups in total. The number of aliphatic hydroxyl groups is 1. The Bertz CT molecular complexity index is 353. The lowest BCUT2D eigenvalue weighted by Crippen LogP contribution is -2.25. The second kappa shape index (κ2) is 5.62. The first-order valence-electron chi connectivity index (χ1n) is 6.00. The molecule has 5 nitrogen and oxygen atoms in total. The van der Waals surface area contributed by atoms with Crippen molar-refractivity contribution >= 4 is 0 Å². The summed E-state index contributed by atoms with van der Waals surface area (Å²) in [7, 11) is 1.70. The Labute approximate surface area is 101 Å². The summed E-state index contributed by atoms with van der Waals surface area (Å²) in [5, 5.41) is 13.8. The highest BCUT2D eigenvalue weighted by molar-refractivity contribution is 5.05. The van der Waals surface area contributed by atoms with Crippen LogP contribution in [0.3, 0.4) is 0 Å². The standard InChI is InChI=1S/C12H20N2O3/c1-9-5-11(17-13-9)6-10-7-14(3-4-16-2)8-12(10)15/h5,10,12,15H,3-4,6-8H2,1-2H3/t10-,12+/m1/s1. The molecule has 0 bridgehead atoms. The van der Waals surface area contributed by atoms with Crippen molar-refractivity contribution in [2.24, 2.45) is 5.92 Å². The molecular formula is C12H20N2O3. The number of hydrogen-bond acceptors (Lipinski definition) is 5. The van der Waals surface area contributed by atoms with Crippen LogP contribution in [0.4, 0.5) is 0 Å². The van der Waals surface area contributed by atoms with Gasteiger partial charge in [-0.15, -0.1) is 0 Å². The number of nitrogens with zero attached hydrogens (tertiary/aromatic N) is 2. The van der Waals surface area contributed by atoms with Crippen LogP contribution < -0.4 is 0 Å². The number of β-amino-alcohol motifs (C(OH)–C–C–N with tert-alkyl or cyclic N) is 1. The minimum absolute atomic E-state index is 0.235. The molecule has 0 aromatic carbocycles. The van der Waals surface area contributed by atoms with Crippen LogP contribution in [0.15, 0.2) is 10.6 Å². The molecule has 1 aromatic heterocycles. The number of aromatic nitrogens is 1.